The molecule has 0 saturated heterocycles. The summed E-state index contributed by atoms with van der Waals surface area (Å²) in [5.41, 5.74) is 1.03. The monoisotopic (exact) mass is 300 g/mol. The molecule has 0 amide bonds. The number of fused-ring (bicyclic) bond motifs is 5. The molecule has 1 heterocycles. The minimum absolute atomic E-state index is 0.146. The van der Waals surface area contributed by atoms with Crippen LogP contribution in [-0.4, -0.2) is 11.8 Å². The Labute approximate surface area is 132 Å². The van der Waals surface area contributed by atoms with E-state index in [1.807, 2.05) is 54.6 Å². The second-order valence-electron chi connectivity index (χ2n) is 6.12. The molecule has 0 N–H and O–H groups in total. The van der Waals surface area contributed by atoms with Crippen molar-refractivity contribution in [2.75, 3.05) is 0 Å². The van der Waals surface area contributed by atoms with Crippen LogP contribution in [0.1, 0.15) is 21.5 Å². The van der Waals surface area contributed by atoms with Crippen molar-refractivity contribution < 1.29 is 14.3 Å². The lowest BCUT2D eigenvalue weighted by atomic mass is 9.77. The highest BCUT2D eigenvalue weighted by Crippen LogP contribution is 2.50. The van der Waals surface area contributed by atoms with E-state index in [-0.39, 0.29) is 5.78 Å². The van der Waals surface area contributed by atoms with Crippen molar-refractivity contribution in [2.24, 2.45) is 0 Å². The summed E-state index contributed by atoms with van der Waals surface area (Å²) in [6, 6.07) is 19.0. The molecular weight excluding hydrogens is 288 g/mol. The average Bonchev–Trinajstić information content (AvgIpc) is 3.05. The Balaban J connectivity index is 1.82. The Morgan fingerprint density at radius 1 is 0.870 bits per heavy atom. The van der Waals surface area contributed by atoms with Gasteiger partial charge in [-0.3, -0.25) is 9.59 Å². The van der Waals surface area contributed by atoms with Crippen molar-refractivity contribution >= 4 is 22.5 Å². The maximum Gasteiger partial charge on any atom is 0.330 e. The molecule has 0 saturated carbocycles. The van der Waals surface area contributed by atoms with Crippen LogP contribution in [0.5, 0.6) is 5.75 Å². The van der Waals surface area contributed by atoms with Crippen LogP contribution in [0.15, 0.2) is 60.7 Å². The first-order valence-electron chi connectivity index (χ1n) is 7.59. The summed E-state index contributed by atoms with van der Waals surface area (Å²) in [5.74, 6) is -0.0635. The molecule has 0 unspecified atom stereocenters. The van der Waals surface area contributed by atoms with Crippen LogP contribution in [0.2, 0.25) is 0 Å². The van der Waals surface area contributed by atoms with Crippen LogP contribution in [0.3, 0.4) is 0 Å². The summed E-state index contributed by atoms with van der Waals surface area (Å²) in [4.78, 5) is 25.8. The van der Waals surface area contributed by atoms with Gasteiger partial charge >= 0.3 is 5.97 Å². The smallest absolute Gasteiger partial charge is 0.330 e. The normalized spacial score (nSPS) is 21.6. The number of Topliss-reactive ketones (excluding diaryl/α,β-unsaturated/α-hetero) is 1. The highest BCUT2D eigenvalue weighted by atomic mass is 16.5. The van der Waals surface area contributed by atoms with E-state index >= 15 is 0 Å². The average molecular weight is 300 g/mol. The van der Waals surface area contributed by atoms with Crippen LogP contribution < -0.4 is 4.74 Å². The lowest BCUT2D eigenvalue weighted by Gasteiger charge is -2.17. The van der Waals surface area contributed by atoms with Gasteiger partial charge in [0.1, 0.15) is 5.75 Å². The number of hydrogen-bond donors (Lipinski definition) is 0. The number of benzene rings is 3. The second kappa shape index (κ2) is 4.07. The van der Waals surface area contributed by atoms with E-state index in [1.54, 1.807) is 6.07 Å². The molecule has 3 aromatic carbocycles. The van der Waals surface area contributed by atoms with Crippen LogP contribution in [0.4, 0.5) is 0 Å². The van der Waals surface area contributed by atoms with Crippen LogP contribution in [-0.2, 0) is 16.6 Å². The SMILES string of the molecule is O=C1Oc2c(ccc3ccccc23)[C@]12Cc1ccccc1C2=O. The predicted octanol–water partition coefficient (Wildman–Crippen LogP) is 3.44. The Hall–Kier alpha value is -2.94. The maximum absolute atomic E-state index is 13.0. The third kappa shape index (κ3) is 1.39. The third-order valence-electron chi connectivity index (χ3n) is 4.99. The summed E-state index contributed by atoms with van der Waals surface area (Å²) in [6.45, 7) is 0. The summed E-state index contributed by atoms with van der Waals surface area (Å²) in [7, 11) is 0. The molecule has 1 atom stereocenters. The van der Waals surface area contributed by atoms with Crippen molar-refractivity contribution in [3.8, 4) is 5.75 Å². The van der Waals surface area contributed by atoms with E-state index < -0.39 is 11.4 Å². The molecule has 23 heavy (non-hydrogen) atoms. The molecule has 2 aliphatic rings. The second-order valence-corrected chi connectivity index (χ2v) is 6.12. The lowest BCUT2D eigenvalue weighted by Crippen LogP contribution is -2.39. The fourth-order valence-corrected chi connectivity index (χ4v) is 3.85. The largest absolute Gasteiger partial charge is 0.425 e. The Kier molecular flexibility index (Phi) is 2.23. The van der Waals surface area contributed by atoms with Gasteiger partial charge in [0.2, 0.25) is 0 Å². The van der Waals surface area contributed by atoms with Gasteiger partial charge in [0, 0.05) is 22.9 Å². The molecule has 110 valence electrons. The first-order valence-corrected chi connectivity index (χ1v) is 7.59. The molecule has 5 rings (SSSR count). The molecule has 3 aromatic rings. The van der Waals surface area contributed by atoms with Gasteiger partial charge in [-0.1, -0.05) is 60.7 Å². The van der Waals surface area contributed by atoms with Crippen molar-refractivity contribution in [1.29, 1.82) is 0 Å². The van der Waals surface area contributed by atoms with E-state index in [4.69, 9.17) is 4.74 Å². The quantitative estimate of drug-likeness (QED) is 0.363. The third-order valence-corrected chi connectivity index (χ3v) is 4.99. The van der Waals surface area contributed by atoms with Gasteiger partial charge in [0.15, 0.2) is 11.2 Å². The highest BCUT2D eigenvalue weighted by Gasteiger charge is 2.59. The molecule has 0 bridgehead atoms. The summed E-state index contributed by atoms with van der Waals surface area (Å²) in [5, 5.41) is 1.87. The molecule has 0 fully saturated rings. The van der Waals surface area contributed by atoms with Crippen LogP contribution >= 0.6 is 0 Å². The first-order chi connectivity index (χ1) is 11.2. The van der Waals surface area contributed by atoms with E-state index in [0.29, 0.717) is 23.3 Å². The van der Waals surface area contributed by atoms with Gasteiger partial charge in [0.25, 0.3) is 0 Å². The molecule has 3 heteroatoms. The predicted molar refractivity (Wildman–Crippen MR) is 85.7 cm³/mol. The Bertz CT molecular complexity index is 1020. The fourth-order valence-electron chi connectivity index (χ4n) is 3.85. The van der Waals surface area contributed by atoms with Gasteiger partial charge in [-0.15, -0.1) is 0 Å². The van der Waals surface area contributed by atoms with Crippen molar-refractivity contribution in [3.05, 3.63) is 77.4 Å². The van der Waals surface area contributed by atoms with Gasteiger partial charge in [0.05, 0.1) is 0 Å². The number of rotatable bonds is 0. The van der Waals surface area contributed by atoms with Crippen LogP contribution in [0, 0.1) is 0 Å². The minimum Gasteiger partial charge on any atom is -0.425 e. The van der Waals surface area contributed by atoms with E-state index in [1.165, 1.54) is 0 Å². The maximum atomic E-state index is 13.0. The zero-order valence-electron chi connectivity index (χ0n) is 12.2. The van der Waals surface area contributed by atoms with Gasteiger partial charge in [-0.25, -0.2) is 0 Å². The van der Waals surface area contributed by atoms with Crippen molar-refractivity contribution in [2.45, 2.75) is 11.8 Å². The summed E-state index contributed by atoms with van der Waals surface area (Å²) < 4.78 is 5.60. The zero-order chi connectivity index (χ0) is 15.6. The van der Waals surface area contributed by atoms with Gasteiger partial charge in [-0.2, -0.15) is 0 Å². The standard InChI is InChI=1S/C20H12O3/c21-18-15-8-4-2-6-13(15)11-20(18)16-10-9-12-5-1-3-7-14(12)17(16)23-19(20)22/h1-10H,11H2/t20-/m0/s1. The highest BCUT2D eigenvalue weighted by molar-refractivity contribution is 6.23. The van der Waals surface area contributed by atoms with Crippen molar-refractivity contribution in [3.63, 3.8) is 0 Å². The molecule has 3 nitrogen and oxygen atoms in total. The fraction of sp³-hybridized carbons (Fsp3) is 0.100. The topological polar surface area (TPSA) is 43.4 Å². The molecule has 1 aliphatic heterocycles. The Morgan fingerprint density at radius 2 is 1.65 bits per heavy atom. The molecule has 0 radical (unpaired) electrons. The summed E-state index contributed by atoms with van der Waals surface area (Å²) in [6.07, 6.45) is 0.381. The van der Waals surface area contributed by atoms with Gasteiger partial charge < -0.3 is 4.74 Å². The first kappa shape index (κ1) is 12.6. The van der Waals surface area contributed by atoms with E-state index in [2.05, 4.69) is 0 Å². The molecule has 0 aromatic heterocycles. The number of carbonyl (C=O) groups excluding carboxylic acids is 2. The number of esters is 1. The van der Waals surface area contributed by atoms with Crippen molar-refractivity contribution in [1.82, 2.24) is 0 Å². The van der Waals surface area contributed by atoms with Gasteiger partial charge in [-0.05, 0) is 10.9 Å². The minimum atomic E-state index is -1.21. The molecule has 1 aliphatic carbocycles. The lowest BCUT2D eigenvalue weighted by molar-refractivity contribution is -0.136. The van der Waals surface area contributed by atoms with E-state index in [9.17, 15) is 9.59 Å². The zero-order valence-corrected chi connectivity index (χ0v) is 12.2. The number of ketones is 1. The molecular formula is C20H12O3. The van der Waals surface area contributed by atoms with E-state index in [0.717, 1.165) is 16.3 Å². The number of ether oxygens (including phenoxy) is 1. The summed E-state index contributed by atoms with van der Waals surface area (Å²) >= 11 is 0. The number of hydrogen-bond acceptors (Lipinski definition) is 3. The molecule has 1 spiro atoms. The van der Waals surface area contributed by atoms with Crippen LogP contribution in [0.25, 0.3) is 10.8 Å². The Morgan fingerprint density at radius 3 is 2.52 bits per heavy atom. The number of carbonyl (C=O) groups is 2.